The maximum atomic E-state index is 11.7. The van der Waals surface area contributed by atoms with Crippen LogP contribution >= 0.6 is 0 Å². The van der Waals surface area contributed by atoms with Gasteiger partial charge in [-0.25, -0.2) is 4.79 Å². The van der Waals surface area contributed by atoms with Crippen molar-refractivity contribution >= 4 is 17.5 Å². The van der Waals surface area contributed by atoms with Gasteiger partial charge in [-0.2, -0.15) is 0 Å². The van der Waals surface area contributed by atoms with Gasteiger partial charge in [-0.1, -0.05) is 0 Å². The zero-order valence-electron chi connectivity index (χ0n) is 12.7. The molecular weight excluding hydrogens is 270 g/mol. The van der Waals surface area contributed by atoms with E-state index >= 15 is 0 Å². The summed E-state index contributed by atoms with van der Waals surface area (Å²) in [7, 11) is 0. The molecule has 21 heavy (non-hydrogen) atoms. The molecule has 1 heterocycles. The molecule has 1 aliphatic heterocycles. The Hall–Kier alpha value is -2.11. The van der Waals surface area contributed by atoms with Crippen LogP contribution in [0.4, 0.5) is 16.2 Å². The highest BCUT2D eigenvalue weighted by atomic mass is 16.6. The molecule has 0 aliphatic carbocycles. The van der Waals surface area contributed by atoms with Crippen LogP contribution in [-0.2, 0) is 4.74 Å². The summed E-state index contributed by atoms with van der Waals surface area (Å²) in [6.45, 7) is 7.60. The minimum Gasteiger partial charge on any atom is -0.494 e. The molecule has 1 aromatic rings. The Morgan fingerprint density at radius 1 is 1.14 bits per heavy atom. The number of amides is 1. The molecule has 2 N–H and O–H groups in total. The van der Waals surface area contributed by atoms with E-state index in [1.165, 1.54) is 0 Å². The normalized spacial score (nSPS) is 15.0. The number of benzene rings is 1. The van der Waals surface area contributed by atoms with E-state index in [9.17, 15) is 4.79 Å². The van der Waals surface area contributed by atoms with E-state index in [0.29, 0.717) is 32.0 Å². The topological polar surface area (TPSA) is 68.0 Å². The maximum Gasteiger partial charge on any atom is 0.409 e. The van der Waals surface area contributed by atoms with E-state index < -0.39 is 0 Å². The Morgan fingerprint density at radius 3 is 2.48 bits per heavy atom. The van der Waals surface area contributed by atoms with Crippen molar-refractivity contribution in [3.8, 4) is 5.75 Å². The average molecular weight is 293 g/mol. The Balaban J connectivity index is 2.00. The van der Waals surface area contributed by atoms with Crippen molar-refractivity contribution in [2.24, 2.45) is 0 Å². The number of anilines is 2. The van der Waals surface area contributed by atoms with Gasteiger partial charge in [0.25, 0.3) is 0 Å². The van der Waals surface area contributed by atoms with Crippen molar-refractivity contribution in [2.45, 2.75) is 13.8 Å². The van der Waals surface area contributed by atoms with Crippen molar-refractivity contribution in [3.63, 3.8) is 0 Å². The second kappa shape index (κ2) is 7.06. The van der Waals surface area contributed by atoms with Crippen molar-refractivity contribution in [3.05, 3.63) is 18.2 Å². The van der Waals surface area contributed by atoms with Crippen molar-refractivity contribution in [1.29, 1.82) is 0 Å². The Bertz CT molecular complexity index is 485. The number of hydrogen-bond acceptors (Lipinski definition) is 5. The first kappa shape index (κ1) is 15.3. The molecule has 1 aliphatic rings. The van der Waals surface area contributed by atoms with Gasteiger partial charge in [0.15, 0.2) is 0 Å². The van der Waals surface area contributed by atoms with Gasteiger partial charge < -0.3 is 25.0 Å². The molecule has 0 radical (unpaired) electrons. The van der Waals surface area contributed by atoms with E-state index in [1.807, 2.05) is 32.0 Å². The molecular formula is C15H23N3O3. The van der Waals surface area contributed by atoms with Crippen molar-refractivity contribution < 1.29 is 14.3 Å². The first-order valence-electron chi connectivity index (χ1n) is 7.34. The van der Waals surface area contributed by atoms with E-state index in [0.717, 1.165) is 24.5 Å². The molecule has 116 valence electrons. The van der Waals surface area contributed by atoms with Gasteiger partial charge >= 0.3 is 6.09 Å². The van der Waals surface area contributed by atoms with Gasteiger partial charge in [-0.05, 0) is 19.9 Å². The summed E-state index contributed by atoms with van der Waals surface area (Å²) in [6.07, 6.45) is -0.236. The molecule has 0 aromatic heterocycles. The predicted molar refractivity (Wildman–Crippen MR) is 82.8 cm³/mol. The highest BCUT2D eigenvalue weighted by Crippen LogP contribution is 2.26. The van der Waals surface area contributed by atoms with Crippen LogP contribution in [0.5, 0.6) is 5.75 Å². The van der Waals surface area contributed by atoms with Crippen LogP contribution in [0.2, 0.25) is 0 Å². The minimum atomic E-state index is -0.236. The molecule has 6 nitrogen and oxygen atoms in total. The first-order valence-corrected chi connectivity index (χ1v) is 7.34. The molecule has 1 amide bonds. The molecule has 1 saturated heterocycles. The summed E-state index contributed by atoms with van der Waals surface area (Å²) >= 11 is 0. The fourth-order valence-electron chi connectivity index (χ4n) is 2.40. The first-order chi connectivity index (χ1) is 10.1. The quantitative estimate of drug-likeness (QED) is 0.859. The second-order valence-electron chi connectivity index (χ2n) is 4.87. The number of ether oxygens (including phenoxy) is 2. The molecule has 0 unspecified atom stereocenters. The van der Waals surface area contributed by atoms with E-state index in [-0.39, 0.29) is 6.09 Å². The number of nitrogen functional groups attached to an aromatic ring is 1. The monoisotopic (exact) mass is 293 g/mol. The third-order valence-electron chi connectivity index (χ3n) is 3.40. The maximum absolute atomic E-state index is 11.7. The molecule has 0 spiro atoms. The van der Waals surface area contributed by atoms with E-state index in [4.69, 9.17) is 15.2 Å². The van der Waals surface area contributed by atoms with Gasteiger partial charge in [0.2, 0.25) is 0 Å². The lowest BCUT2D eigenvalue weighted by atomic mass is 10.2. The van der Waals surface area contributed by atoms with Gasteiger partial charge in [-0.15, -0.1) is 0 Å². The summed E-state index contributed by atoms with van der Waals surface area (Å²) in [5, 5.41) is 0. The zero-order valence-corrected chi connectivity index (χ0v) is 12.7. The van der Waals surface area contributed by atoms with Gasteiger partial charge in [0.1, 0.15) is 5.75 Å². The van der Waals surface area contributed by atoms with Crippen LogP contribution in [0.25, 0.3) is 0 Å². The third-order valence-corrected chi connectivity index (χ3v) is 3.40. The zero-order chi connectivity index (χ0) is 15.2. The van der Waals surface area contributed by atoms with E-state index in [1.54, 1.807) is 4.90 Å². The molecule has 1 fully saturated rings. The van der Waals surface area contributed by atoms with E-state index in [2.05, 4.69) is 4.90 Å². The standard InChI is InChI=1S/C15H23N3O3/c1-3-20-14-10-12(16)9-13(11-14)17-5-7-18(8-6-17)15(19)21-4-2/h9-11H,3-8,16H2,1-2H3. The van der Waals surface area contributed by atoms with Crippen molar-refractivity contribution in [2.75, 3.05) is 50.0 Å². The highest BCUT2D eigenvalue weighted by molar-refractivity contribution is 5.68. The van der Waals surface area contributed by atoms with Crippen LogP contribution < -0.4 is 15.4 Å². The number of nitrogens with two attached hydrogens (primary N) is 1. The SMILES string of the molecule is CCOC(=O)N1CCN(c2cc(N)cc(OCC)c2)CC1. The Morgan fingerprint density at radius 2 is 1.86 bits per heavy atom. The number of nitrogens with zero attached hydrogens (tertiary/aromatic N) is 2. The number of piperazine rings is 1. The predicted octanol–water partition coefficient (Wildman–Crippen LogP) is 1.95. The summed E-state index contributed by atoms with van der Waals surface area (Å²) in [6, 6.07) is 5.74. The Labute approximate surface area is 125 Å². The second-order valence-corrected chi connectivity index (χ2v) is 4.87. The lowest BCUT2D eigenvalue weighted by molar-refractivity contribution is 0.105. The summed E-state index contributed by atoms with van der Waals surface area (Å²) < 4.78 is 10.5. The number of carbonyl (C=O) groups excluding carboxylic acids is 1. The number of rotatable bonds is 4. The van der Waals surface area contributed by atoms with Crippen LogP contribution in [0.15, 0.2) is 18.2 Å². The Kier molecular flexibility index (Phi) is 5.14. The van der Waals surface area contributed by atoms with Crippen LogP contribution in [0, 0.1) is 0 Å². The number of carbonyl (C=O) groups is 1. The van der Waals surface area contributed by atoms with Gasteiger partial charge in [-0.3, -0.25) is 0 Å². The highest BCUT2D eigenvalue weighted by Gasteiger charge is 2.22. The van der Waals surface area contributed by atoms with Crippen LogP contribution in [-0.4, -0.2) is 50.4 Å². The van der Waals surface area contributed by atoms with Crippen LogP contribution in [0.3, 0.4) is 0 Å². The van der Waals surface area contributed by atoms with Crippen LogP contribution in [0.1, 0.15) is 13.8 Å². The largest absolute Gasteiger partial charge is 0.494 e. The lowest BCUT2D eigenvalue weighted by Gasteiger charge is -2.35. The third kappa shape index (κ3) is 3.93. The van der Waals surface area contributed by atoms with Gasteiger partial charge in [0.05, 0.1) is 13.2 Å². The molecule has 0 saturated carbocycles. The molecule has 0 bridgehead atoms. The number of hydrogen-bond donors (Lipinski definition) is 1. The molecule has 0 atom stereocenters. The fourth-order valence-corrected chi connectivity index (χ4v) is 2.40. The summed E-state index contributed by atoms with van der Waals surface area (Å²) in [5.74, 6) is 0.778. The van der Waals surface area contributed by atoms with Crippen molar-refractivity contribution in [1.82, 2.24) is 4.90 Å². The summed E-state index contributed by atoms with van der Waals surface area (Å²) in [5.41, 5.74) is 7.63. The average Bonchev–Trinajstić information content (AvgIpc) is 2.47. The smallest absolute Gasteiger partial charge is 0.409 e. The minimum absolute atomic E-state index is 0.236. The molecule has 6 heteroatoms. The summed E-state index contributed by atoms with van der Waals surface area (Å²) in [4.78, 5) is 15.6. The fraction of sp³-hybridized carbons (Fsp3) is 0.533. The molecule has 1 aromatic carbocycles. The molecule has 2 rings (SSSR count). The lowest BCUT2D eigenvalue weighted by Crippen LogP contribution is -2.49. The van der Waals surface area contributed by atoms with Gasteiger partial charge in [0, 0.05) is 49.7 Å².